The average Bonchev–Trinajstić information content (AvgIpc) is 2.61. The Morgan fingerprint density at radius 2 is 2.40 bits per heavy atom. The van der Waals surface area contributed by atoms with Crippen molar-refractivity contribution in [2.75, 3.05) is 24.7 Å². The smallest absolute Gasteiger partial charge is 0.166 e. The van der Waals surface area contributed by atoms with Gasteiger partial charge in [-0.1, -0.05) is 0 Å². The fourth-order valence-corrected chi connectivity index (χ4v) is 3.53. The Morgan fingerprint density at radius 3 is 3.00 bits per heavy atom. The Kier molecular flexibility index (Phi) is 3.93. The van der Waals surface area contributed by atoms with E-state index in [1.54, 1.807) is 0 Å². The van der Waals surface area contributed by atoms with Crippen molar-refractivity contribution in [3.63, 3.8) is 0 Å². The third kappa shape index (κ3) is 3.09. The number of aliphatic hydroxyl groups is 1. The van der Waals surface area contributed by atoms with Gasteiger partial charge in [-0.15, -0.1) is 0 Å². The molecule has 88 valence electrons. The first-order chi connectivity index (χ1) is 7.22. The highest BCUT2D eigenvalue weighted by molar-refractivity contribution is 7.99. The van der Waals surface area contributed by atoms with E-state index in [1.165, 1.54) is 24.3 Å². The fourth-order valence-electron chi connectivity index (χ4n) is 2.38. The number of hydrogen-bond acceptors (Lipinski definition) is 4. The third-order valence-corrected chi connectivity index (χ3v) is 4.39. The second-order valence-corrected chi connectivity index (χ2v) is 5.80. The van der Waals surface area contributed by atoms with Gasteiger partial charge in [-0.3, -0.25) is 0 Å². The third-order valence-electron chi connectivity index (χ3n) is 3.11. The van der Waals surface area contributed by atoms with Crippen molar-refractivity contribution in [1.82, 2.24) is 0 Å². The Labute approximate surface area is 95.5 Å². The van der Waals surface area contributed by atoms with Gasteiger partial charge in [-0.2, -0.15) is 11.8 Å². The molecule has 0 spiro atoms. The van der Waals surface area contributed by atoms with Crippen LogP contribution in [0.5, 0.6) is 0 Å². The number of rotatable bonds is 3. The molecular weight excluding hydrogens is 212 g/mol. The Balaban J connectivity index is 1.82. The highest BCUT2D eigenvalue weighted by atomic mass is 32.2. The zero-order valence-corrected chi connectivity index (χ0v) is 10.1. The molecule has 2 aliphatic heterocycles. The minimum absolute atomic E-state index is 0.0645. The van der Waals surface area contributed by atoms with Gasteiger partial charge in [0.05, 0.1) is 13.2 Å². The lowest BCUT2D eigenvalue weighted by Crippen LogP contribution is -2.32. The molecule has 2 rings (SSSR count). The van der Waals surface area contributed by atoms with Gasteiger partial charge in [0.25, 0.3) is 0 Å². The van der Waals surface area contributed by atoms with Gasteiger partial charge in [0.1, 0.15) is 6.10 Å². The number of aliphatic hydroxyl groups excluding tert-OH is 1. The minimum Gasteiger partial charge on any atom is -0.394 e. The summed E-state index contributed by atoms with van der Waals surface area (Å²) in [6.45, 7) is 2.60. The topological polar surface area (TPSA) is 38.7 Å². The standard InChI is InChI=1S/C11H20O3S/c1-11(13-7-10(6-12)14-11)5-9-3-2-4-15-8-9/h9-10,12H,2-8H2,1H3. The summed E-state index contributed by atoms with van der Waals surface area (Å²) < 4.78 is 11.4. The maximum absolute atomic E-state index is 8.99. The van der Waals surface area contributed by atoms with Crippen LogP contribution < -0.4 is 0 Å². The van der Waals surface area contributed by atoms with E-state index in [2.05, 4.69) is 0 Å². The summed E-state index contributed by atoms with van der Waals surface area (Å²) >= 11 is 2.03. The summed E-state index contributed by atoms with van der Waals surface area (Å²) in [5, 5.41) is 8.99. The largest absolute Gasteiger partial charge is 0.394 e. The summed E-state index contributed by atoms with van der Waals surface area (Å²) in [7, 11) is 0. The van der Waals surface area contributed by atoms with E-state index in [0.717, 1.165) is 6.42 Å². The Hall–Kier alpha value is 0.230. The fraction of sp³-hybridized carbons (Fsp3) is 1.00. The first-order valence-electron chi connectivity index (χ1n) is 5.72. The molecule has 0 aromatic heterocycles. The summed E-state index contributed by atoms with van der Waals surface area (Å²) in [4.78, 5) is 0. The van der Waals surface area contributed by atoms with Crippen LogP contribution in [0.1, 0.15) is 26.2 Å². The molecule has 2 fully saturated rings. The van der Waals surface area contributed by atoms with Crippen LogP contribution in [-0.2, 0) is 9.47 Å². The van der Waals surface area contributed by atoms with Crippen LogP contribution in [0.4, 0.5) is 0 Å². The monoisotopic (exact) mass is 232 g/mol. The van der Waals surface area contributed by atoms with Gasteiger partial charge < -0.3 is 14.6 Å². The molecule has 3 unspecified atom stereocenters. The van der Waals surface area contributed by atoms with Crippen molar-refractivity contribution in [3.8, 4) is 0 Å². The molecule has 0 amide bonds. The highest BCUT2D eigenvalue weighted by Crippen LogP contribution is 2.35. The average molecular weight is 232 g/mol. The minimum atomic E-state index is -0.448. The Bertz CT molecular complexity index is 206. The van der Waals surface area contributed by atoms with E-state index in [-0.39, 0.29) is 12.7 Å². The zero-order chi connectivity index (χ0) is 10.7. The maximum atomic E-state index is 8.99. The highest BCUT2D eigenvalue weighted by Gasteiger charge is 2.38. The molecule has 0 aromatic rings. The van der Waals surface area contributed by atoms with E-state index < -0.39 is 5.79 Å². The van der Waals surface area contributed by atoms with Gasteiger partial charge in [-0.25, -0.2) is 0 Å². The molecule has 4 heteroatoms. The van der Waals surface area contributed by atoms with E-state index in [0.29, 0.717) is 12.5 Å². The van der Waals surface area contributed by atoms with Gasteiger partial charge in [0, 0.05) is 6.42 Å². The molecule has 2 heterocycles. The molecule has 15 heavy (non-hydrogen) atoms. The van der Waals surface area contributed by atoms with E-state index in [4.69, 9.17) is 14.6 Å². The van der Waals surface area contributed by atoms with Crippen LogP contribution in [0.15, 0.2) is 0 Å². The molecule has 0 aromatic carbocycles. The predicted molar refractivity (Wildman–Crippen MR) is 61.0 cm³/mol. The van der Waals surface area contributed by atoms with Crippen LogP contribution >= 0.6 is 11.8 Å². The number of hydrogen-bond donors (Lipinski definition) is 1. The van der Waals surface area contributed by atoms with Crippen LogP contribution in [0, 0.1) is 5.92 Å². The van der Waals surface area contributed by atoms with Gasteiger partial charge in [-0.05, 0) is 37.2 Å². The summed E-state index contributed by atoms with van der Waals surface area (Å²) in [5.41, 5.74) is 0. The van der Waals surface area contributed by atoms with Crippen molar-refractivity contribution in [2.45, 2.75) is 38.1 Å². The summed E-state index contributed by atoms with van der Waals surface area (Å²) in [6, 6.07) is 0. The molecule has 3 atom stereocenters. The van der Waals surface area contributed by atoms with Crippen LogP contribution in [-0.4, -0.2) is 41.7 Å². The first kappa shape index (κ1) is 11.7. The van der Waals surface area contributed by atoms with Crippen molar-refractivity contribution in [2.24, 2.45) is 5.92 Å². The zero-order valence-electron chi connectivity index (χ0n) is 9.28. The first-order valence-corrected chi connectivity index (χ1v) is 6.88. The predicted octanol–water partition coefficient (Wildman–Crippen LogP) is 1.64. The summed E-state index contributed by atoms with van der Waals surface area (Å²) in [5.74, 6) is 2.79. The molecule has 2 saturated heterocycles. The molecular formula is C11H20O3S. The molecule has 1 N–H and O–H groups in total. The lowest BCUT2D eigenvalue weighted by atomic mass is 9.97. The molecule has 2 aliphatic rings. The lowest BCUT2D eigenvalue weighted by Gasteiger charge is -2.30. The van der Waals surface area contributed by atoms with Crippen molar-refractivity contribution in [3.05, 3.63) is 0 Å². The quantitative estimate of drug-likeness (QED) is 0.803. The maximum Gasteiger partial charge on any atom is 0.166 e. The molecule has 0 aliphatic carbocycles. The summed E-state index contributed by atoms with van der Waals surface area (Å²) in [6.07, 6.45) is 3.45. The second-order valence-electron chi connectivity index (χ2n) is 4.65. The van der Waals surface area contributed by atoms with Crippen molar-refractivity contribution in [1.29, 1.82) is 0 Å². The van der Waals surface area contributed by atoms with E-state index in [9.17, 15) is 0 Å². The molecule has 0 saturated carbocycles. The SMILES string of the molecule is CC1(CC2CCCSC2)OCC(CO)O1. The molecule has 0 bridgehead atoms. The second kappa shape index (κ2) is 5.04. The van der Waals surface area contributed by atoms with E-state index in [1.807, 2.05) is 18.7 Å². The lowest BCUT2D eigenvalue weighted by molar-refractivity contribution is -0.168. The van der Waals surface area contributed by atoms with Crippen LogP contribution in [0.2, 0.25) is 0 Å². The van der Waals surface area contributed by atoms with Gasteiger partial charge in [0.2, 0.25) is 0 Å². The molecule has 0 radical (unpaired) electrons. The Morgan fingerprint density at radius 1 is 1.53 bits per heavy atom. The number of thioether (sulfide) groups is 1. The normalized spacial score (nSPS) is 42.0. The van der Waals surface area contributed by atoms with E-state index >= 15 is 0 Å². The molecule has 3 nitrogen and oxygen atoms in total. The van der Waals surface area contributed by atoms with Gasteiger partial charge in [0.15, 0.2) is 5.79 Å². The van der Waals surface area contributed by atoms with Crippen molar-refractivity contribution >= 4 is 11.8 Å². The van der Waals surface area contributed by atoms with Gasteiger partial charge >= 0.3 is 0 Å². The number of ether oxygens (including phenoxy) is 2. The van der Waals surface area contributed by atoms with Crippen molar-refractivity contribution < 1.29 is 14.6 Å². The van der Waals surface area contributed by atoms with Crippen LogP contribution in [0.3, 0.4) is 0 Å². The van der Waals surface area contributed by atoms with Crippen LogP contribution in [0.25, 0.3) is 0 Å².